The molecule has 2 heterocycles. The van der Waals surface area contributed by atoms with Crippen LogP contribution in [0.3, 0.4) is 0 Å². The van der Waals surface area contributed by atoms with Crippen molar-refractivity contribution in [2.45, 2.75) is 24.9 Å². The van der Waals surface area contributed by atoms with E-state index in [9.17, 15) is 19.7 Å². The molecule has 1 fully saturated rings. The lowest BCUT2D eigenvalue weighted by molar-refractivity contribution is -0.384. The van der Waals surface area contributed by atoms with Crippen molar-refractivity contribution in [2.24, 2.45) is 5.73 Å². The monoisotopic (exact) mass is 385 g/mol. The first-order valence-corrected chi connectivity index (χ1v) is 8.25. The smallest absolute Gasteiger partial charge is 0.355 e. The van der Waals surface area contributed by atoms with Crippen LogP contribution in [0.1, 0.15) is 12.5 Å². The number of benzene rings is 1. The third-order valence-electron chi connectivity index (χ3n) is 3.91. The third-order valence-corrected chi connectivity index (χ3v) is 5.36. The van der Waals surface area contributed by atoms with Crippen LogP contribution in [0.15, 0.2) is 35.5 Å². The second-order valence-corrected chi connectivity index (χ2v) is 6.67. The summed E-state index contributed by atoms with van der Waals surface area (Å²) in [6, 6.07) is 5.16. The van der Waals surface area contributed by atoms with Crippen LogP contribution < -0.4 is 5.73 Å². The molecule has 8 nitrogen and oxygen atoms in total. The minimum Gasteiger partial charge on any atom is -0.456 e. The second-order valence-electron chi connectivity index (χ2n) is 5.56. The predicted octanol–water partition coefficient (Wildman–Crippen LogP) is 1.58. The first kappa shape index (κ1) is 19.2. The number of carbonyl (C=O) groups excluding carboxylic acids is 2. The molecule has 0 aromatic heterocycles. The Morgan fingerprint density at radius 1 is 1.44 bits per heavy atom. The van der Waals surface area contributed by atoms with Crippen LogP contribution in [-0.2, 0) is 20.9 Å². The van der Waals surface area contributed by atoms with Gasteiger partial charge in [-0.15, -0.1) is 24.2 Å². The molecule has 1 aromatic rings. The number of β-lactam (4-membered cyclic amide) rings is 1. The number of nitrogens with two attached hydrogens (primary N) is 1. The van der Waals surface area contributed by atoms with Crippen molar-refractivity contribution in [1.82, 2.24) is 4.90 Å². The van der Waals surface area contributed by atoms with Gasteiger partial charge in [0.15, 0.2) is 0 Å². The normalized spacial score (nSPS) is 21.8. The van der Waals surface area contributed by atoms with Crippen LogP contribution in [0.5, 0.6) is 0 Å². The third kappa shape index (κ3) is 3.48. The van der Waals surface area contributed by atoms with Crippen molar-refractivity contribution >= 4 is 41.7 Å². The summed E-state index contributed by atoms with van der Waals surface area (Å²) in [5.74, 6) is -0.255. The number of nitro benzene ring substituents is 1. The number of ether oxygens (including phenoxy) is 1. The van der Waals surface area contributed by atoms with Gasteiger partial charge in [-0.25, -0.2) is 4.79 Å². The predicted molar refractivity (Wildman–Crippen MR) is 93.9 cm³/mol. The number of halogens is 1. The molecule has 0 spiro atoms. The lowest BCUT2D eigenvalue weighted by Crippen LogP contribution is -2.68. The number of rotatable bonds is 4. The van der Waals surface area contributed by atoms with Gasteiger partial charge in [-0.05, 0) is 30.2 Å². The topological polar surface area (TPSA) is 116 Å². The highest BCUT2D eigenvalue weighted by Gasteiger charge is 2.51. The van der Waals surface area contributed by atoms with Crippen LogP contribution in [0.25, 0.3) is 0 Å². The molecular formula is C15H16ClN3O5S. The Labute approximate surface area is 153 Å². The Bertz CT molecular complexity index is 752. The van der Waals surface area contributed by atoms with E-state index >= 15 is 0 Å². The van der Waals surface area contributed by atoms with E-state index in [1.54, 1.807) is 6.92 Å². The summed E-state index contributed by atoms with van der Waals surface area (Å²) < 4.78 is 5.26. The minimum absolute atomic E-state index is 0. The zero-order chi connectivity index (χ0) is 17.4. The van der Waals surface area contributed by atoms with E-state index in [1.165, 1.54) is 40.9 Å². The average Bonchev–Trinajstić information content (AvgIpc) is 2.59. The van der Waals surface area contributed by atoms with Gasteiger partial charge in [0.05, 0.1) is 4.92 Å². The molecule has 2 N–H and O–H groups in total. The molecule has 0 radical (unpaired) electrons. The van der Waals surface area contributed by atoms with Gasteiger partial charge in [-0.3, -0.25) is 19.8 Å². The van der Waals surface area contributed by atoms with E-state index in [1.807, 2.05) is 0 Å². The highest BCUT2D eigenvalue weighted by molar-refractivity contribution is 8.00. The maximum Gasteiger partial charge on any atom is 0.355 e. The summed E-state index contributed by atoms with van der Waals surface area (Å²) in [5.41, 5.74) is 7.37. The number of carbonyl (C=O) groups is 2. The molecule has 2 aliphatic heterocycles. The Morgan fingerprint density at radius 3 is 2.68 bits per heavy atom. The van der Waals surface area contributed by atoms with E-state index < -0.39 is 16.9 Å². The largest absolute Gasteiger partial charge is 0.456 e. The number of fused-ring (bicyclic) bond motifs is 1. The fourth-order valence-electron chi connectivity index (χ4n) is 2.59. The van der Waals surface area contributed by atoms with E-state index in [2.05, 4.69) is 0 Å². The van der Waals surface area contributed by atoms with Crippen LogP contribution in [0.4, 0.5) is 5.69 Å². The minimum atomic E-state index is -0.587. The summed E-state index contributed by atoms with van der Waals surface area (Å²) in [6.45, 7) is 1.75. The van der Waals surface area contributed by atoms with Gasteiger partial charge in [0.2, 0.25) is 5.91 Å². The Kier molecular flexibility index (Phi) is 5.71. The lowest BCUT2D eigenvalue weighted by atomic mass is 10.0. The molecule has 0 aliphatic carbocycles. The molecule has 1 saturated heterocycles. The van der Waals surface area contributed by atoms with Crippen LogP contribution >= 0.6 is 24.2 Å². The first-order chi connectivity index (χ1) is 11.4. The van der Waals surface area contributed by atoms with Crippen LogP contribution in [0.2, 0.25) is 0 Å². The quantitative estimate of drug-likeness (QED) is 0.362. The van der Waals surface area contributed by atoms with E-state index in [4.69, 9.17) is 10.5 Å². The second kappa shape index (κ2) is 7.42. The van der Waals surface area contributed by atoms with Crippen molar-refractivity contribution in [3.8, 4) is 0 Å². The Morgan fingerprint density at radius 2 is 2.08 bits per heavy atom. The number of hydrogen-bond donors (Lipinski definition) is 1. The summed E-state index contributed by atoms with van der Waals surface area (Å²) in [4.78, 5) is 35.8. The van der Waals surface area contributed by atoms with Gasteiger partial charge in [0, 0.05) is 17.9 Å². The van der Waals surface area contributed by atoms with Gasteiger partial charge >= 0.3 is 5.97 Å². The molecule has 0 bridgehead atoms. The molecule has 1 amide bonds. The first-order valence-electron chi connectivity index (χ1n) is 7.20. The molecule has 2 atom stereocenters. The highest BCUT2D eigenvalue weighted by Crippen LogP contribution is 2.39. The molecule has 2 aliphatic rings. The SMILES string of the molecule is CC1=C(C(=O)OCc2ccc([N+](=O)[O-])cc2)N2C(=O)[C@@H](N)[C@H]2SC1.Cl. The van der Waals surface area contributed by atoms with E-state index in [0.717, 1.165) is 5.57 Å². The molecule has 10 heteroatoms. The van der Waals surface area contributed by atoms with Gasteiger partial charge in [0.1, 0.15) is 23.7 Å². The van der Waals surface area contributed by atoms with Crippen molar-refractivity contribution in [3.63, 3.8) is 0 Å². The van der Waals surface area contributed by atoms with Crippen molar-refractivity contribution in [2.75, 3.05) is 5.75 Å². The molecule has 134 valence electrons. The molecule has 1 aromatic carbocycles. The fourth-order valence-corrected chi connectivity index (χ4v) is 3.83. The van der Waals surface area contributed by atoms with Gasteiger partial charge in [-0.1, -0.05) is 0 Å². The number of thioether (sulfide) groups is 1. The Balaban J connectivity index is 0.00000225. The number of non-ortho nitro benzene ring substituents is 1. The number of amides is 1. The maximum atomic E-state index is 12.4. The zero-order valence-electron chi connectivity index (χ0n) is 13.2. The summed E-state index contributed by atoms with van der Waals surface area (Å²) in [5, 5.41) is 10.4. The number of nitrogens with zero attached hydrogens (tertiary/aromatic N) is 2. The zero-order valence-corrected chi connectivity index (χ0v) is 14.8. The number of hydrogen-bond acceptors (Lipinski definition) is 7. The highest BCUT2D eigenvalue weighted by atomic mass is 35.5. The molecule has 3 rings (SSSR count). The molecule has 0 unspecified atom stereocenters. The van der Waals surface area contributed by atoms with Crippen molar-refractivity contribution < 1.29 is 19.2 Å². The molecule has 25 heavy (non-hydrogen) atoms. The summed E-state index contributed by atoms with van der Waals surface area (Å²) in [7, 11) is 0. The molecule has 0 saturated carbocycles. The Hall–Kier alpha value is -2.10. The summed E-state index contributed by atoms with van der Waals surface area (Å²) >= 11 is 1.52. The summed E-state index contributed by atoms with van der Waals surface area (Å²) in [6.07, 6.45) is 0. The van der Waals surface area contributed by atoms with Gasteiger partial charge in [0.25, 0.3) is 5.69 Å². The standard InChI is InChI=1S/C15H15N3O5S.ClH/c1-8-7-24-14-11(16)13(19)17(14)12(8)15(20)23-6-9-2-4-10(5-3-9)18(21)22;/h2-5,11,14H,6-7,16H2,1H3;1H/t11-,14-;/m1./s1. The van der Waals surface area contributed by atoms with Crippen molar-refractivity contribution in [1.29, 1.82) is 0 Å². The van der Waals surface area contributed by atoms with Crippen LogP contribution in [0, 0.1) is 10.1 Å². The number of esters is 1. The number of nitro groups is 1. The van der Waals surface area contributed by atoms with Gasteiger partial charge in [-0.2, -0.15) is 0 Å². The van der Waals surface area contributed by atoms with Crippen molar-refractivity contribution in [3.05, 3.63) is 51.2 Å². The van der Waals surface area contributed by atoms with E-state index in [-0.39, 0.29) is 41.7 Å². The fraction of sp³-hybridized carbons (Fsp3) is 0.333. The van der Waals surface area contributed by atoms with Crippen LogP contribution in [-0.4, -0.2) is 38.9 Å². The average molecular weight is 386 g/mol. The lowest BCUT2D eigenvalue weighted by Gasteiger charge is -2.48. The van der Waals surface area contributed by atoms with E-state index in [0.29, 0.717) is 11.3 Å². The molecular weight excluding hydrogens is 370 g/mol. The maximum absolute atomic E-state index is 12.4. The van der Waals surface area contributed by atoms with Gasteiger partial charge < -0.3 is 10.5 Å².